The van der Waals surface area contributed by atoms with Crippen LogP contribution in [0.4, 0.5) is 4.39 Å². The van der Waals surface area contributed by atoms with Crippen molar-refractivity contribution < 1.29 is 23.8 Å². The molecule has 0 saturated carbocycles. The minimum absolute atomic E-state index is 0.149. The second kappa shape index (κ2) is 5.34. The fraction of sp³-hybridized carbons (Fsp3) is 0.364. The molecule has 0 unspecified atom stereocenters. The lowest BCUT2D eigenvalue weighted by Crippen LogP contribution is -2.06. The van der Waals surface area contributed by atoms with Crippen LogP contribution in [0.15, 0.2) is 12.1 Å². The molecule has 1 aromatic carbocycles. The third-order valence-electron chi connectivity index (χ3n) is 1.88. The Kier molecular flexibility index (Phi) is 4.10. The Morgan fingerprint density at radius 2 is 1.94 bits per heavy atom. The Labute approximate surface area is 92.6 Å². The van der Waals surface area contributed by atoms with Gasteiger partial charge in [-0.05, 0) is 26.0 Å². The maximum absolute atomic E-state index is 13.7. The van der Waals surface area contributed by atoms with Crippen LogP contribution in [-0.4, -0.2) is 24.3 Å². The van der Waals surface area contributed by atoms with E-state index in [0.717, 1.165) is 6.07 Å². The second-order valence-corrected chi connectivity index (χ2v) is 2.93. The van der Waals surface area contributed by atoms with Gasteiger partial charge in [-0.3, -0.25) is 0 Å². The first kappa shape index (κ1) is 12.3. The Balaban J connectivity index is 3.23. The minimum atomic E-state index is -1.33. The number of halogens is 1. The van der Waals surface area contributed by atoms with Gasteiger partial charge in [-0.1, -0.05) is 0 Å². The molecule has 0 fully saturated rings. The predicted molar refractivity (Wildman–Crippen MR) is 55.7 cm³/mol. The summed E-state index contributed by atoms with van der Waals surface area (Å²) in [4.78, 5) is 10.7. The van der Waals surface area contributed by atoms with E-state index < -0.39 is 17.3 Å². The summed E-state index contributed by atoms with van der Waals surface area (Å²) >= 11 is 0. The van der Waals surface area contributed by atoms with Crippen LogP contribution < -0.4 is 9.47 Å². The molecule has 0 aliphatic heterocycles. The lowest BCUT2D eigenvalue weighted by Gasteiger charge is -2.12. The Morgan fingerprint density at radius 1 is 1.31 bits per heavy atom. The molecule has 0 atom stereocenters. The molecular weight excluding hydrogens is 215 g/mol. The SMILES string of the molecule is CCOc1ccc(C(=O)O)c(F)c1OCC. The van der Waals surface area contributed by atoms with Crippen molar-refractivity contribution in [3.05, 3.63) is 23.5 Å². The summed E-state index contributed by atoms with van der Waals surface area (Å²) in [6.07, 6.45) is 0. The van der Waals surface area contributed by atoms with Gasteiger partial charge in [0.05, 0.1) is 18.8 Å². The quantitative estimate of drug-likeness (QED) is 0.840. The van der Waals surface area contributed by atoms with E-state index in [2.05, 4.69) is 0 Å². The van der Waals surface area contributed by atoms with E-state index in [1.807, 2.05) is 0 Å². The fourth-order valence-electron chi connectivity index (χ4n) is 1.25. The normalized spacial score (nSPS) is 9.94. The number of carboxylic acid groups (broad SMARTS) is 1. The molecule has 4 nitrogen and oxygen atoms in total. The zero-order valence-corrected chi connectivity index (χ0v) is 9.12. The van der Waals surface area contributed by atoms with Crippen molar-refractivity contribution in [1.29, 1.82) is 0 Å². The first-order valence-electron chi connectivity index (χ1n) is 4.93. The number of carbonyl (C=O) groups is 1. The number of hydrogen-bond acceptors (Lipinski definition) is 3. The largest absolute Gasteiger partial charge is 0.490 e. The van der Waals surface area contributed by atoms with Gasteiger partial charge in [0.25, 0.3) is 0 Å². The van der Waals surface area contributed by atoms with Gasteiger partial charge in [-0.15, -0.1) is 0 Å². The van der Waals surface area contributed by atoms with Crippen molar-refractivity contribution in [3.63, 3.8) is 0 Å². The highest BCUT2D eigenvalue weighted by Crippen LogP contribution is 2.32. The van der Waals surface area contributed by atoms with E-state index in [0.29, 0.717) is 6.61 Å². The van der Waals surface area contributed by atoms with Crippen molar-refractivity contribution in [1.82, 2.24) is 0 Å². The zero-order chi connectivity index (χ0) is 12.1. The number of carboxylic acids is 1. The zero-order valence-electron chi connectivity index (χ0n) is 9.12. The molecule has 0 aromatic heterocycles. The molecule has 0 aliphatic rings. The van der Waals surface area contributed by atoms with E-state index >= 15 is 0 Å². The van der Waals surface area contributed by atoms with Gasteiger partial charge in [-0.25, -0.2) is 9.18 Å². The highest BCUT2D eigenvalue weighted by molar-refractivity contribution is 5.88. The summed E-state index contributed by atoms with van der Waals surface area (Å²) in [5.74, 6) is -2.17. The molecule has 0 saturated heterocycles. The van der Waals surface area contributed by atoms with Gasteiger partial charge in [0.15, 0.2) is 17.3 Å². The summed E-state index contributed by atoms with van der Waals surface area (Å²) in [7, 11) is 0. The molecule has 5 heteroatoms. The van der Waals surface area contributed by atoms with Crippen LogP contribution in [0.3, 0.4) is 0 Å². The first-order chi connectivity index (χ1) is 7.61. The fourth-order valence-corrected chi connectivity index (χ4v) is 1.25. The number of rotatable bonds is 5. The van der Waals surface area contributed by atoms with Crippen molar-refractivity contribution in [2.45, 2.75) is 13.8 Å². The highest BCUT2D eigenvalue weighted by atomic mass is 19.1. The van der Waals surface area contributed by atoms with Crippen LogP contribution in [0.2, 0.25) is 0 Å². The third-order valence-corrected chi connectivity index (χ3v) is 1.88. The van der Waals surface area contributed by atoms with Crippen LogP contribution in [0.5, 0.6) is 11.5 Å². The molecule has 0 radical (unpaired) electrons. The molecule has 0 bridgehead atoms. The molecule has 1 rings (SSSR count). The molecular formula is C11H13FO4. The van der Waals surface area contributed by atoms with Crippen LogP contribution in [0.25, 0.3) is 0 Å². The van der Waals surface area contributed by atoms with Crippen molar-refractivity contribution in [2.75, 3.05) is 13.2 Å². The Morgan fingerprint density at radius 3 is 2.44 bits per heavy atom. The molecule has 1 N–H and O–H groups in total. The number of hydrogen-bond donors (Lipinski definition) is 1. The Bertz CT molecular complexity index is 390. The van der Waals surface area contributed by atoms with Crippen LogP contribution in [-0.2, 0) is 0 Å². The molecule has 1 aromatic rings. The van der Waals surface area contributed by atoms with Crippen LogP contribution >= 0.6 is 0 Å². The van der Waals surface area contributed by atoms with Gasteiger partial charge in [0.1, 0.15) is 0 Å². The smallest absolute Gasteiger partial charge is 0.338 e. The maximum Gasteiger partial charge on any atom is 0.338 e. The summed E-state index contributed by atoms with van der Waals surface area (Å²) in [6.45, 7) is 4.02. The standard InChI is InChI=1S/C11H13FO4/c1-3-15-8-6-5-7(11(13)14)9(12)10(8)16-4-2/h5-6H,3-4H2,1-2H3,(H,13,14). The van der Waals surface area contributed by atoms with E-state index in [1.165, 1.54) is 6.07 Å². The highest BCUT2D eigenvalue weighted by Gasteiger charge is 2.19. The summed E-state index contributed by atoms with van der Waals surface area (Å²) in [5, 5.41) is 8.74. The van der Waals surface area contributed by atoms with Crippen LogP contribution in [0.1, 0.15) is 24.2 Å². The van der Waals surface area contributed by atoms with E-state index in [-0.39, 0.29) is 18.1 Å². The van der Waals surface area contributed by atoms with Gasteiger partial charge >= 0.3 is 5.97 Å². The van der Waals surface area contributed by atoms with Crippen molar-refractivity contribution in [3.8, 4) is 11.5 Å². The van der Waals surface area contributed by atoms with Crippen molar-refractivity contribution in [2.24, 2.45) is 0 Å². The summed E-state index contributed by atoms with van der Waals surface area (Å²) < 4.78 is 23.9. The van der Waals surface area contributed by atoms with Crippen LogP contribution in [0, 0.1) is 5.82 Å². The molecule has 0 spiro atoms. The third kappa shape index (κ3) is 2.42. The van der Waals surface area contributed by atoms with Gasteiger partial charge in [-0.2, -0.15) is 0 Å². The van der Waals surface area contributed by atoms with E-state index in [9.17, 15) is 9.18 Å². The lowest BCUT2D eigenvalue weighted by atomic mass is 10.2. The minimum Gasteiger partial charge on any atom is -0.490 e. The number of aromatic carboxylic acids is 1. The average molecular weight is 228 g/mol. The molecule has 88 valence electrons. The molecule has 0 heterocycles. The average Bonchev–Trinajstić information content (AvgIpc) is 2.23. The Hall–Kier alpha value is -1.78. The maximum atomic E-state index is 13.7. The monoisotopic (exact) mass is 228 g/mol. The summed E-state index contributed by atoms with van der Waals surface area (Å²) in [6, 6.07) is 2.55. The lowest BCUT2D eigenvalue weighted by molar-refractivity contribution is 0.0690. The number of benzene rings is 1. The van der Waals surface area contributed by atoms with E-state index in [1.54, 1.807) is 13.8 Å². The van der Waals surface area contributed by atoms with Gasteiger partial charge in [0.2, 0.25) is 0 Å². The molecule has 0 amide bonds. The number of ether oxygens (including phenoxy) is 2. The summed E-state index contributed by atoms with van der Waals surface area (Å²) in [5.41, 5.74) is -0.424. The van der Waals surface area contributed by atoms with Gasteiger partial charge < -0.3 is 14.6 Å². The molecule has 16 heavy (non-hydrogen) atoms. The van der Waals surface area contributed by atoms with E-state index in [4.69, 9.17) is 14.6 Å². The molecule has 0 aliphatic carbocycles. The topological polar surface area (TPSA) is 55.8 Å². The predicted octanol–water partition coefficient (Wildman–Crippen LogP) is 2.32. The first-order valence-corrected chi connectivity index (χ1v) is 4.93. The van der Waals surface area contributed by atoms with Gasteiger partial charge in [0, 0.05) is 0 Å². The van der Waals surface area contributed by atoms with Crippen molar-refractivity contribution >= 4 is 5.97 Å². The second-order valence-electron chi connectivity index (χ2n) is 2.93.